The molecule has 92 valence electrons. The number of nitrogens with one attached hydrogen (secondary N) is 1. The van der Waals surface area contributed by atoms with Crippen molar-refractivity contribution in [2.45, 2.75) is 39.5 Å². The Morgan fingerprint density at radius 3 is 2.65 bits per heavy atom. The van der Waals surface area contributed by atoms with Crippen molar-refractivity contribution < 1.29 is 9.59 Å². The molecule has 1 aliphatic heterocycles. The van der Waals surface area contributed by atoms with Crippen molar-refractivity contribution in [2.75, 3.05) is 0 Å². The maximum atomic E-state index is 11.8. The Morgan fingerprint density at radius 2 is 2.12 bits per heavy atom. The highest BCUT2D eigenvalue weighted by Gasteiger charge is 2.36. The standard InChI is InChI=1S/C13H17NO2S/c1-4-9-11(6-12(15)14-13(9)16)10-5-7(2)17-8(10)3/h5,9,11H,4,6H2,1-3H3,(H,14,15,16). The lowest BCUT2D eigenvalue weighted by atomic mass is 9.79. The molecule has 0 radical (unpaired) electrons. The first-order chi connectivity index (χ1) is 8.02. The number of piperidine rings is 1. The fraction of sp³-hybridized carbons (Fsp3) is 0.538. The second kappa shape index (κ2) is 4.61. The van der Waals surface area contributed by atoms with Crippen molar-refractivity contribution in [3.8, 4) is 0 Å². The van der Waals surface area contributed by atoms with Gasteiger partial charge in [0.05, 0.1) is 0 Å². The molecule has 3 nitrogen and oxygen atoms in total. The zero-order valence-electron chi connectivity index (χ0n) is 10.4. The van der Waals surface area contributed by atoms with Gasteiger partial charge in [0.1, 0.15) is 0 Å². The second-order valence-electron chi connectivity index (χ2n) is 4.61. The van der Waals surface area contributed by atoms with E-state index in [1.165, 1.54) is 15.3 Å². The molecule has 0 spiro atoms. The molecule has 1 aromatic rings. The number of amides is 2. The largest absolute Gasteiger partial charge is 0.296 e. The van der Waals surface area contributed by atoms with Gasteiger partial charge in [0, 0.05) is 28.0 Å². The predicted molar refractivity (Wildman–Crippen MR) is 68.1 cm³/mol. The molecule has 2 heterocycles. The van der Waals surface area contributed by atoms with Crippen molar-refractivity contribution in [1.82, 2.24) is 5.32 Å². The topological polar surface area (TPSA) is 46.2 Å². The number of aryl methyl sites for hydroxylation is 2. The molecule has 17 heavy (non-hydrogen) atoms. The van der Waals surface area contributed by atoms with Gasteiger partial charge in [-0.3, -0.25) is 14.9 Å². The fourth-order valence-corrected chi connectivity index (χ4v) is 3.62. The van der Waals surface area contributed by atoms with Gasteiger partial charge in [-0.1, -0.05) is 6.92 Å². The molecule has 2 atom stereocenters. The van der Waals surface area contributed by atoms with Crippen LogP contribution in [0.15, 0.2) is 6.07 Å². The predicted octanol–water partition coefficient (Wildman–Crippen LogP) is 2.52. The lowest BCUT2D eigenvalue weighted by Gasteiger charge is -2.29. The summed E-state index contributed by atoms with van der Waals surface area (Å²) in [4.78, 5) is 25.8. The second-order valence-corrected chi connectivity index (χ2v) is 6.07. The molecule has 1 aromatic heterocycles. The summed E-state index contributed by atoms with van der Waals surface area (Å²) in [7, 11) is 0. The SMILES string of the molecule is CCC1C(=O)NC(=O)CC1c1cc(C)sc1C. The first kappa shape index (κ1) is 12.3. The lowest BCUT2D eigenvalue weighted by molar-refractivity contribution is -0.137. The van der Waals surface area contributed by atoms with Crippen LogP contribution in [0.2, 0.25) is 0 Å². The summed E-state index contributed by atoms with van der Waals surface area (Å²) in [6, 6.07) is 2.12. The Labute approximate surface area is 105 Å². The Bertz CT molecular complexity index is 464. The van der Waals surface area contributed by atoms with Crippen LogP contribution < -0.4 is 5.32 Å². The smallest absolute Gasteiger partial charge is 0.230 e. The van der Waals surface area contributed by atoms with Gasteiger partial charge in [0.25, 0.3) is 0 Å². The number of imide groups is 1. The minimum absolute atomic E-state index is 0.0613. The molecule has 1 N–H and O–H groups in total. The number of rotatable bonds is 2. The summed E-state index contributed by atoms with van der Waals surface area (Å²) in [6.45, 7) is 6.13. The average Bonchev–Trinajstić information content (AvgIpc) is 2.56. The van der Waals surface area contributed by atoms with E-state index in [4.69, 9.17) is 0 Å². The van der Waals surface area contributed by atoms with E-state index in [1.807, 2.05) is 6.92 Å². The molecule has 0 aliphatic carbocycles. The van der Waals surface area contributed by atoms with Crippen LogP contribution in [0.1, 0.15) is 41.0 Å². The monoisotopic (exact) mass is 251 g/mol. The van der Waals surface area contributed by atoms with Gasteiger partial charge in [-0.2, -0.15) is 0 Å². The van der Waals surface area contributed by atoms with E-state index in [2.05, 4.69) is 25.2 Å². The van der Waals surface area contributed by atoms with E-state index >= 15 is 0 Å². The summed E-state index contributed by atoms with van der Waals surface area (Å²) < 4.78 is 0. The summed E-state index contributed by atoms with van der Waals surface area (Å²) in [5, 5.41) is 2.43. The molecule has 2 amide bonds. The van der Waals surface area contributed by atoms with Crippen LogP contribution in [0.3, 0.4) is 0 Å². The minimum atomic E-state index is -0.145. The van der Waals surface area contributed by atoms with Gasteiger partial charge in [0.2, 0.25) is 11.8 Å². The van der Waals surface area contributed by atoms with Crippen LogP contribution in [-0.4, -0.2) is 11.8 Å². The number of carbonyl (C=O) groups is 2. The third-order valence-electron chi connectivity index (χ3n) is 3.41. The molecule has 0 bridgehead atoms. The van der Waals surface area contributed by atoms with Crippen molar-refractivity contribution in [2.24, 2.45) is 5.92 Å². The van der Waals surface area contributed by atoms with Crippen LogP contribution in [0.4, 0.5) is 0 Å². The first-order valence-corrected chi connectivity index (χ1v) is 6.75. The van der Waals surface area contributed by atoms with Gasteiger partial charge in [-0.15, -0.1) is 11.3 Å². The van der Waals surface area contributed by atoms with Crippen molar-refractivity contribution >= 4 is 23.2 Å². The Morgan fingerprint density at radius 1 is 1.41 bits per heavy atom. The molecule has 1 fully saturated rings. The summed E-state index contributed by atoms with van der Waals surface area (Å²) in [5.74, 6) is -0.267. The molecule has 2 rings (SSSR count). The van der Waals surface area contributed by atoms with E-state index in [0.29, 0.717) is 6.42 Å². The van der Waals surface area contributed by atoms with E-state index in [1.54, 1.807) is 11.3 Å². The number of thiophene rings is 1. The molecule has 0 aromatic carbocycles. The zero-order chi connectivity index (χ0) is 12.6. The molecular formula is C13H17NO2S. The van der Waals surface area contributed by atoms with Gasteiger partial charge >= 0.3 is 0 Å². The number of carbonyl (C=O) groups excluding carboxylic acids is 2. The van der Waals surface area contributed by atoms with E-state index in [9.17, 15) is 9.59 Å². The van der Waals surface area contributed by atoms with Gasteiger partial charge < -0.3 is 0 Å². The highest BCUT2D eigenvalue weighted by molar-refractivity contribution is 7.12. The Balaban J connectivity index is 2.37. The van der Waals surface area contributed by atoms with Crippen LogP contribution in [0.25, 0.3) is 0 Å². The Hall–Kier alpha value is -1.16. The average molecular weight is 251 g/mol. The number of hydrogen-bond donors (Lipinski definition) is 1. The number of hydrogen-bond acceptors (Lipinski definition) is 3. The molecule has 1 aliphatic rings. The molecular weight excluding hydrogens is 234 g/mol. The normalized spacial score (nSPS) is 24.9. The molecule has 4 heteroatoms. The third-order valence-corrected chi connectivity index (χ3v) is 4.39. The van der Waals surface area contributed by atoms with Gasteiger partial charge in [0.15, 0.2) is 0 Å². The van der Waals surface area contributed by atoms with Crippen molar-refractivity contribution in [1.29, 1.82) is 0 Å². The van der Waals surface area contributed by atoms with Crippen LogP contribution in [-0.2, 0) is 9.59 Å². The third kappa shape index (κ3) is 2.27. The highest BCUT2D eigenvalue weighted by Crippen LogP contribution is 2.38. The zero-order valence-corrected chi connectivity index (χ0v) is 11.2. The van der Waals surface area contributed by atoms with Crippen LogP contribution in [0.5, 0.6) is 0 Å². The van der Waals surface area contributed by atoms with Crippen molar-refractivity contribution in [3.05, 3.63) is 21.4 Å². The summed E-state index contributed by atoms with van der Waals surface area (Å²) in [6.07, 6.45) is 1.21. The van der Waals surface area contributed by atoms with E-state index < -0.39 is 0 Å². The maximum absolute atomic E-state index is 11.8. The minimum Gasteiger partial charge on any atom is -0.296 e. The van der Waals surface area contributed by atoms with Gasteiger partial charge in [-0.25, -0.2) is 0 Å². The van der Waals surface area contributed by atoms with Gasteiger partial charge in [-0.05, 0) is 31.9 Å². The lowest BCUT2D eigenvalue weighted by Crippen LogP contribution is -2.44. The fourth-order valence-electron chi connectivity index (χ4n) is 2.62. The van der Waals surface area contributed by atoms with E-state index in [-0.39, 0.29) is 23.7 Å². The molecule has 2 unspecified atom stereocenters. The maximum Gasteiger partial charge on any atom is 0.230 e. The molecule has 1 saturated heterocycles. The Kier molecular flexibility index (Phi) is 3.33. The van der Waals surface area contributed by atoms with E-state index in [0.717, 1.165) is 6.42 Å². The van der Waals surface area contributed by atoms with Crippen LogP contribution >= 0.6 is 11.3 Å². The summed E-state index contributed by atoms with van der Waals surface area (Å²) >= 11 is 1.73. The quantitative estimate of drug-likeness (QED) is 0.821. The highest BCUT2D eigenvalue weighted by atomic mass is 32.1. The summed E-state index contributed by atoms with van der Waals surface area (Å²) in [5.41, 5.74) is 1.18. The van der Waals surface area contributed by atoms with Crippen molar-refractivity contribution in [3.63, 3.8) is 0 Å². The molecule has 0 saturated carbocycles. The van der Waals surface area contributed by atoms with Crippen LogP contribution in [0, 0.1) is 19.8 Å². The first-order valence-electron chi connectivity index (χ1n) is 5.93.